The van der Waals surface area contributed by atoms with Crippen LogP contribution in [0.2, 0.25) is 5.02 Å². The smallest absolute Gasteiger partial charge is 0.148 e. The number of piperidine rings is 1. The van der Waals surface area contributed by atoms with Crippen LogP contribution >= 0.6 is 11.6 Å². The number of benzene rings is 2. The average molecular weight is 491 g/mol. The number of likely N-dealkylation sites (tertiary alicyclic amines) is 1. The molecule has 1 aliphatic heterocycles. The van der Waals surface area contributed by atoms with Crippen LogP contribution in [0.15, 0.2) is 42.1 Å². The standard InChI is InChI=1S/C27H28ClFN6/c1-17-20(4-3-19-11-18(14-30)12-23(17)19)16-35-9-7-22(8-10-35)32-27-26(15-31-34(27)2)33-25-6-5-21(28)13-24(25)29/h3-6,12-13,15,22,32-33H,7-11,16H2,1-2H3. The van der Waals surface area contributed by atoms with Crippen molar-refractivity contribution < 1.29 is 4.39 Å². The Bertz CT molecular complexity index is 1330. The zero-order chi connectivity index (χ0) is 24.5. The van der Waals surface area contributed by atoms with Gasteiger partial charge >= 0.3 is 0 Å². The van der Waals surface area contributed by atoms with Crippen LogP contribution in [-0.2, 0) is 20.0 Å². The van der Waals surface area contributed by atoms with Crippen molar-refractivity contribution in [2.24, 2.45) is 7.05 Å². The number of nitriles is 1. The Morgan fingerprint density at radius 2 is 2.00 bits per heavy atom. The fraction of sp³-hybridized carbons (Fsp3) is 0.333. The summed E-state index contributed by atoms with van der Waals surface area (Å²) in [5.41, 5.74) is 7.03. The normalized spacial score (nSPS) is 16.0. The zero-order valence-electron chi connectivity index (χ0n) is 19.9. The Labute approximate surface area is 210 Å². The first-order valence-electron chi connectivity index (χ1n) is 11.9. The van der Waals surface area contributed by atoms with Crippen molar-refractivity contribution in [2.75, 3.05) is 23.7 Å². The van der Waals surface area contributed by atoms with Crippen molar-refractivity contribution in [2.45, 2.75) is 38.8 Å². The van der Waals surface area contributed by atoms with Crippen LogP contribution < -0.4 is 10.6 Å². The number of nitrogens with one attached hydrogen (secondary N) is 2. The van der Waals surface area contributed by atoms with Crippen LogP contribution in [0.3, 0.4) is 0 Å². The highest BCUT2D eigenvalue weighted by Gasteiger charge is 2.23. The predicted octanol–water partition coefficient (Wildman–Crippen LogP) is 5.80. The lowest BCUT2D eigenvalue weighted by molar-refractivity contribution is 0.210. The van der Waals surface area contributed by atoms with Crippen molar-refractivity contribution in [1.82, 2.24) is 14.7 Å². The minimum atomic E-state index is -0.401. The quantitative estimate of drug-likeness (QED) is 0.456. The van der Waals surface area contributed by atoms with Gasteiger partial charge in [-0.05, 0) is 66.3 Å². The first kappa shape index (κ1) is 23.4. The lowest BCUT2D eigenvalue weighted by Crippen LogP contribution is -2.39. The third-order valence-corrected chi connectivity index (χ3v) is 7.26. The molecule has 5 rings (SSSR count). The summed E-state index contributed by atoms with van der Waals surface area (Å²) in [7, 11) is 1.88. The Morgan fingerprint density at radius 3 is 2.74 bits per heavy atom. The van der Waals surface area contributed by atoms with E-state index in [0.29, 0.717) is 16.8 Å². The number of aromatic nitrogens is 2. The van der Waals surface area contributed by atoms with Gasteiger partial charge < -0.3 is 10.6 Å². The Morgan fingerprint density at radius 1 is 1.20 bits per heavy atom. The highest BCUT2D eigenvalue weighted by molar-refractivity contribution is 6.30. The molecular weight excluding hydrogens is 463 g/mol. The van der Waals surface area contributed by atoms with Crippen LogP contribution in [-0.4, -0.2) is 33.8 Å². The molecule has 2 N–H and O–H groups in total. The van der Waals surface area contributed by atoms with Gasteiger partial charge in [0.05, 0.1) is 18.0 Å². The minimum absolute atomic E-state index is 0.305. The maximum Gasteiger partial charge on any atom is 0.148 e. The molecule has 0 bridgehead atoms. The van der Waals surface area contributed by atoms with Gasteiger partial charge in [0.1, 0.15) is 17.3 Å². The molecule has 0 atom stereocenters. The molecular formula is C27H28ClFN6. The van der Waals surface area contributed by atoms with E-state index in [-0.39, 0.29) is 0 Å². The lowest BCUT2D eigenvalue weighted by atomic mass is 9.97. The first-order chi connectivity index (χ1) is 16.9. The molecule has 0 spiro atoms. The third kappa shape index (κ3) is 4.90. The van der Waals surface area contributed by atoms with Crippen LogP contribution in [0, 0.1) is 24.1 Å². The zero-order valence-corrected chi connectivity index (χ0v) is 20.7. The summed E-state index contributed by atoms with van der Waals surface area (Å²) in [6.45, 7) is 5.05. The third-order valence-electron chi connectivity index (χ3n) is 7.02. The Hall–Kier alpha value is -3.34. The van der Waals surface area contributed by atoms with Gasteiger partial charge in [0, 0.05) is 49.7 Å². The molecule has 1 fully saturated rings. The van der Waals surface area contributed by atoms with Gasteiger partial charge in [-0.25, -0.2) is 4.39 Å². The second-order valence-electron chi connectivity index (χ2n) is 9.36. The first-order valence-corrected chi connectivity index (χ1v) is 12.2. The molecule has 1 aliphatic carbocycles. The summed E-state index contributed by atoms with van der Waals surface area (Å²) in [5.74, 6) is 0.439. The van der Waals surface area contributed by atoms with E-state index in [2.05, 4.69) is 45.8 Å². The fourth-order valence-corrected chi connectivity index (χ4v) is 5.12. The van der Waals surface area contributed by atoms with Crippen molar-refractivity contribution in [3.05, 3.63) is 75.2 Å². The predicted molar refractivity (Wildman–Crippen MR) is 138 cm³/mol. The topological polar surface area (TPSA) is 68.9 Å². The highest BCUT2D eigenvalue weighted by atomic mass is 35.5. The molecule has 0 amide bonds. The average Bonchev–Trinajstić information content (AvgIpc) is 3.43. The Balaban J connectivity index is 1.21. The van der Waals surface area contributed by atoms with Gasteiger partial charge in [0.2, 0.25) is 0 Å². The van der Waals surface area contributed by atoms with Crippen LogP contribution in [0.5, 0.6) is 0 Å². The van der Waals surface area contributed by atoms with Gasteiger partial charge in [0.25, 0.3) is 0 Å². The van der Waals surface area contributed by atoms with Crippen LogP contribution in [0.1, 0.15) is 35.1 Å². The SMILES string of the molecule is Cc1c(CN2CCC(Nc3c(Nc4ccc(Cl)cc4F)cnn3C)CC2)ccc2c1C=C(C#N)C2. The second kappa shape index (κ2) is 9.73. The number of rotatable bonds is 6. The van der Waals surface area contributed by atoms with Gasteiger partial charge in [-0.3, -0.25) is 9.58 Å². The number of halogens is 2. The van der Waals surface area contributed by atoms with E-state index in [1.54, 1.807) is 23.0 Å². The van der Waals surface area contributed by atoms with Gasteiger partial charge in [-0.2, -0.15) is 10.4 Å². The van der Waals surface area contributed by atoms with Gasteiger partial charge in [-0.15, -0.1) is 0 Å². The highest BCUT2D eigenvalue weighted by Crippen LogP contribution is 2.32. The summed E-state index contributed by atoms with van der Waals surface area (Å²) in [5, 5.41) is 20.7. The summed E-state index contributed by atoms with van der Waals surface area (Å²) >= 11 is 5.88. The summed E-state index contributed by atoms with van der Waals surface area (Å²) in [6.07, 6.45) is 6.50. The van der Waals surface area contributed by atoms with E-state index in [0.717, 1.165) is 56.0 Å². The molecule has 0 unspecified atom stereocenters. The largest absolute Gasteiger partial charge is 0.366 e. The van der Waals surface area contributed by atoms with Crippen molar-refractivity contribution in [1.29, 1.82) is 5.26 Å². The van der Waals surface area contributed by atoms with E-state index in [9.17, 15) is 9.65 Å². The van der Waals surface area contributed by atoms with E-state index >= 15 is 0 Å². The molecule has 8 heteroatoms. The van der Waals surface area contributed by atoms with E-state index in [4.69, 9.17) is 11.6 Å². The Kier molecular flexibility index (Phi) is 6.50. The fourth-order valence-electron chi connectivity index (χ4n) is 4.96. The second-order valence-corrected chi connectivity index (χ2v) is 9.79. The summed E-state index contributed by atoms with van der Waals surface area (Å²) in [4.78, 5) is 2.49. The number of aryl methyl sites for hydroxylation is 1. The molecule has 2 heterocycles. The maximum atomic E-state index is 14.3. The number of hydrogen-bond acceptors (Lipinski definition) is 5. The molecule has 2 aliphatic rings. The summed E-state index contributed by atoms with van der Waals surface area (Å²) < 4.78 is 16.1. The number of fused-ring (bicyclic) bond motifs is 1. The molecule has 35 heavy (non-hydrogen) atoms. The molecule has 1 aromatic heterocycles. The molecule has 3 aromatic rings. The molecule has 0 saturated carbocycles. The van der Waals surface area contributed by atoms with E-state index < -0.39 is 5.82 Å². The maximum absolute atomic E-state index is 14.3. The van der Waals surface area contributed by atoms with Gasteiger partial charge in [-0.1, -0.05) is 23.7 Å². The molecule has 1 saturated heterocycles. The molecule has 2 aromatic carbocycles. The van der Waals surface area contributed by atoms with Crippen molar-refractivity contribution in [3.63, 3.8) is 0 Å². The summed E-state index contributed by atoms with van der Waals surface area (Å²) in [6, 6.07) is 11.6. The van der Waals surface area contributed by atoms with Crippen molar-refractivity contribution in [3.8, 4) is 6.07 Å². The van der Waals surface area contributed by atoms with E-state index in [1.807, 2.05) is 13.1 Å². The van der Waals surface area contributed by atoms with E-state index in [1.165, 1.54) is 28.3 Å². The number of hydrogen-bond donors (Lipinski definition) is 2. The number of nitrogens with zero attached hydrogens (tertiary/aromatic N) is 4. The number of allylic oxidation sites excluding steroid dienone is 1. The minimum Gasteiger partial charge on any atom is -0.366 e. The van der Waals surface area contributed by atoms with Gasteiger partial charge in [0.15, 0.2) is 0 Å². The van der Waals surface area contributed by atoms with Crippen LogP contribution in [0.25, 0.3) is 6.08 Å². The van der Waals surface area contributed by atoms with Crippen molar-refractivity contribution >= 4 is 34.9 Å². The molecule has 0 radical (unpaired) electrons. The number of anilines is 3. The molecule has 6 nitrogen and oxygen atoms in total. The van der Waals surface area contributed by atoms with Crippen LogP contribution in [0.4, 0.5) is 21.6 Å². The lowest BCUT2D eigenvalue weighted by Gasteiger charge is -2.33. The molecule has 180 valence electrons. The monoisotopic (exact) mass is 490 g/mol.